The summed E-state index contributed by atoms with van der Waals surface area (Å²) in [5, 5.41) is 8.64. The average molecular weight is 380 g/mol. The molecular formula is C21H18ClN3O2. The zero-order valence-electron chi connectivity index (χ0n) is 15.0. The van der Waals surface area contributed by atoms with Gasteiger partial charge in [-0.2, -0.15) is 0 Å². The molecule has 0 aliphatic carbocycles. The molecule has 0 fully saturated rings. The van der Waals surface area contributed by atoms with Crippen molar-refractivity contribution in [3.05, 3.63) is 76.1 Å². The number of fused-ring (bicyclic) bond motifs is 1. The third-order valence-electron chi connectivity index (χ3n) is 4.49. The highest BCUT2D eigenvalue weighted by Gasteiger charge is 2.22. The Bertz CT molecular complexity index is 1140. The third kappa shape index (κ3) is 3.34. The highest BCUT2D eigenvalue weighted by atomic mass is 35.5. The van der Waals surface area contributed by atoms with Crippen LogP contribution in [0.4, 0.5) is 0 Å². The fourth-order valence-corrected chi connectivity index (χ4v) is 3.41. The van der Waals surface area contributed by atoms with Crippen LogP contribution in [0.5, 0.6) is 0 Å². The van der Waals surface area contributed by atoms with Crippen molar-refractivity contribution >= 4 is 28.4 Å². The van der Waals surface area contributed by atoms with Crippen LogP contribution >= 0.6 is 11.6 Å². The molecule has 5 nitrogen and oxygen atoms in total. The molecule has 27 heavy (non-hydrogen) atoms. The first-order valence-corrected chi connectivity index (χ1v) is 8.98. The summed E-state index contributed by atoms with van der Waals surface area (Å²) in [5.41, 5.74) is 4.73. The number of aromatic amines is 1. The van der Waals surface area contributed by atoms with Gasteiger partial charge in [0.25, 0.3) is 5.91 Å². The molecule has 2 N–H and O–H groups in total. The maximum absolute atomic E-state index is 12.8. The standard InChI is InChI=1S/C21H18ClN3O2/c1-12-9-15-10-14(7-8-18(15)24-12)11-23-21(26)19-13(2)27-25-20(19)16-5-3-4-6-17(16)22/h3-10,24H,11H2,1-2H3,(H,23,26). The predicted molar refractivity (Wildman–Crippen MR) is 106 cm³/mol. The van der Waals surface area contributed by atoms with E-state index in [-0.39, 0.29) is 5.91 Å². The van der Waals surface area contributed by atoms with Crippen LogP contribution in [-0.2, 0) is 6.54 Å². The van der Waals surface area contributed by atoms with E-state index in [9.17, 15) is 4.79 Å². The smallest absolute Gasteiger partial charge is 0.257 e. The SMILES string of the molecule is Cc1cc2cc(CNC(=O)c3c(-c4ccccc4Cl)noc3C)ccc2[nH]1. The molecule has 2 aromatic carbocycles. The van der Waals surface area contributed by atoms with Crippen LogP contribution in [0.1, 0.15) is 27.4 Å². The van der Waals surface area contributed by atoms with Gasteiger partial charge in [-0.25, -0.2) is 0 Å². The normalized spacial score (nSPS) is 11.1. The van der Waals surface area contributed by atoms with E-state index in [0.717, 1.165) is 22.2 Å². The van der Waals surface area contributed by atoms with Crippen molar-refractivity contribution in [2.24, 2.45) is 0 Å². The van der Waals surface area contributed by atoms with Crippen LogP contribution in [0.2, 0.25) is 5.02 Å². The van der Waals surface area contributed by atoms with Crippen molar-refractivity contribution in [3.63, 3.8) is 0 Å². The summed E-state index contributed by atoms with van der Waals surface area (Å²) in [6, 6.07) is 15.4. The Hall–Kier alpha value is -3.05. The second-order valence-corrected chi connectivity index (χ2v) is 6.91. The van der Waals surface area contributed by atoms with Crippen LogP contribution in [0.25, 0.3) is 22.2 Å². The molecule has 0 radical (unpaired) electrons. The summed E-state index contributed by atoms with van der Waals surface area (Å²) in [6.45, 7) is 4.15. The molecule has 0 spiro atoms. The van der Waals surface area contributed by atoms with Crippen molar-refractivity contribution in [2.75, 3.05) is 0 Å². The van der Waals surface area contributed by atoms with Gasteiger partial charge < -0.3 is 14.8 Å². The maximum atomic E-state index is 12.8. The lowest BCUT2D eigenvalue weighted by Crippen LogP contribution is -2.23. The summed E-state index contributed by atoms with van der Waals surface area (Å²) >= 11 is 6.26. The van der Waals surface area contributed by atoms with E-state index in [2.05, 4.69) is 27.6 Å². The fourth-order valence-electron chi connectivity index (χ4n) is 3.18. The monoisotopic (exact) mass is 379 g/mol. The molecule has 136 valence electrons. The largest absolute Gasteiger partial charge is 0.360 e. The quantitative estimate of drug-likeness (QED) is 0.522. The number of halogens is 1. The zero-order chi connectivity index (χ0) is 19.0. The number of aryl methyl sites for hydroxylation is 2. The number of nitrogens with zero attached hydrogens (tertiary/aromatic N) is 1. The number of carbonyl (C=O) groups is 1. The Morgan fingerprint density at radius 2 is 2.00 bits per heavy atom. The minimum absolute atomic E-state index is 0.242. The van der Waals surface area contributed by atoms with Gasteiger partial charge in [-0.15, -0.1) is 0 Å². The van der Waals surface area contributed by atoms with Gasteiger partial charge in [0.1, 0.15) is 17.0 Å². The Morgan fingerprint density at radius 3 is 2.81 bits per heavy atom. The molecule has 4 rings (SSSR count). The number of carbonyl (C=O) groups excluding carboxylic acids is 1. The number of aromatic nitrogens is 2. The lowest BCUT2D eigenvalue weighted by molar-refractivity contribution is 0.0950. The van der Waals surface area contributed by atoms with Gasteiger partial charge >= 0.3 is 0 Å². The number of hydrogen-bond donors (Lipinski definition) is 2. The number of nitrogens with one attached hydrogen (secondary N) is 2. The average Bonchev–Trinajstić information content (AvgIpc) is 3.21. The van der Waals surface area contributed by atoms with Crippen LogP contribution in [0, 0.1) is 13.8 Å². The molecule has 0 aliphatic rings. The van der Waals surface area contributed by atoms with E-state index in [1.54, 1.807) is 13.0 Å². The first-order chi connectivity index (χ1) is 13.0. The fraction of sp³-hybridized carbons (Fsp3) is 0.143. The summed E-state index contributed by atoms with van der Waals surface area (Å²) in [5.74, 6) is 0.216. The molecule has 0 unspecified atom stereocenters. The van der Waals surface area contributed by atoms with Gasteiger partial charge in [-0.05, 0) is 49.1 Å². The van der Waals surface area contributed by atoms with Crippen molar-refractivity contribution < 1.29 is 9.32 Å². The molecule has 0 saturated heterocycles. The van der Waals surface area contributed by atoms with Gasteiger partial charge in [0.05, 0.1) is 5.02 Å². The molecule has 0 aliphatic heterocycles. The summed E-state index contributed by atoms with van der Waals surface area (Å²) in [4.78, 5) is 16.1. The van der Waals surface area contributed by atoms with Gasteiger partial charge in [0.2, 0.25) is 0 Å². The highest BCUT2D eigenvalue weighted by molar-refractivity contribution is 6.33. The molecule has 2 heterocycles. The number of amides is 1. The van der Waals surface area contributed by atoms with E-state index in [1.807, 2.05) is 37.3 Å². The highest BCUT2D eigenvalue weighted by Crippen LogP contribution is 2.31. The van der Waals surface area contributed by atoms with Crippen LogP contribution in [0.3, 0.4) is 0 Å². The van der Waals surface area contributed by atoms with E-state index in [1.165, 1.54) is 0 Å². The summed E-state index contributed by atoms with van der Waals surface area (Å²) < 4.78 is 5.27. The summed E-state index contributed by atoms with van der Waals surface area (Å²) in [7, 11) is 0. The molecule has 0 atom stereocenters. The molecule has 4 aromatic rings. The first-order valence-electron chi connectivity index (χ1n) is 8.60. The Kier molecular flexibility index (Phi) is 4.46. The minimum Gasteiger partial charge on any atom is -0.360 e. The molecular weight excluding hydrogens is 362 g/mol. The van der Waals surface area contributed by atoms with Gasteiger partial charge in [-0.3, -0.25) is 4.79 Å². The second-order valence-electron chi connectivity index (χ2n) is 6.50. The minimum atomic E-state index is -0.242. The van der Waals surface area contributed by atoms with Gasteiger partial charge in [0, 0.05) is 23.3 Å². The van der Waals surface area contributed by atoms with E-state index in [0.29, 0.717) is 34.1 Å². The van der Waals surface area contributed by atoms with Crippen molar-refractivity contribution in [3.8, 4) is 11.3 Å². The Labute approximate surface area is 161 Å². The van der Waals surface area contributed by atoms with Gasteiger partial charge in [0.15, 0.2) is 0 Å². The molecule has 0 saturated carbocycles. The lowest BCUT2D eigenvalue weighted by Gasteiger charge is -2.07. The predicted octanol–water partition coefficient (Wildman–Crippen LogP) is 5.02. The van der Waals surface area contributed by atoms with Crippen LogP contribution in [0.15, 0.2) is 53.1 Å². The lowest BCUT2D eigenvalue weighted by atomic mass is 10.1. The second kappa shape index (κ2) is 6.93. The number of benzene rings is 2. The zero-order valence-corrected chi connectivity index (χ0v) is 15.7. The number of hydrogen-bond acceptors (Lipinski definition) is 3. The van der Waals surface area contributed by atoms with E-state index < -0.39 is 0 Å². The van der Waals surface area contributed by atoms with Crippen molar-refractivity contribution in [2.45, 2.75) is 20.4 Å². The molecule has 2 aromatic heterocycles. The van der Waals surface area contributed by atoms with Crippen molar-refractivity contribution in [1.29, 1.82) is 0 Å². The number of H-pyrrole nitrogens is 1. The third-order valence-corrected chi connectivity index (χ3v) is 4.82. The van der Waals surface area contributed by atoms with Crippen molar-refractivity contribution in [1.82, 2.24) is 15.5 Å². The van der Waals surface area contributed by atoms with E-state index in [4.69, 9.17) is 16.1 Å². The first kappa shape index (κ1) is 17.4. The molecule has 0 bridgehead atoms. The van der Waals surface area contributed by atoms with Gasteiger partial charge in [-0.1, -0.05) is 41.0 Å². The Balaban J connectivity index is 1.58. The maximum Gasteiger partial charge on any atom is 0.257 e. The number of rotatable bonds is 4. The topological polar surface area (TPSA) is 70.9 Å². The van der Waals surface area contributed by atoms with Crippen LogP contribution in [-0.4, -0.2) is 16.0 Å². The summed E-state index contributed by atoms with van der Waals surface area (Å²) in [6.07, 6.45) is 0. The molecule has 1 amide bonds. The van der Waals surface area contributed by atoms with E-state index >= 15 is 0 Å². The molecule has 6 heteroatoms. The Morgan fingerprint density at radius 1 is 1.19 bits per heavy atom. The van der Waals surface area contributed by atoms with Crippen LogP contribution < -0.4 is 5.32 Å².